The molecule has 1 aliphatic heterocycles. The number of benzene rings is 2. The van der Waals surface area contributed by atoms with Crippen molar-refractivity contribution in [1.29, 1.82) is 0 Å². The summed E-state index contributed by atoms with van der Waals surface area (Å²) in [6, 6.07) is 19.5. The van der Waals surface area contributed by atoms with Crippen LogP contribution >= 0.6 is 12.2 Å². The average molecular weight is 364 g/mol. The van der Waals surface area contributed by atoms with Crippen LogP contribution in [-0.2, 0) is 12.8 Å². The molecule has 4 rings (SSSR count). The monoisotopic (exact) mass is 363 g/mol. The molecule has 0 spiro atoms. The van der Waals surface area contributed by atoms with Gasteiger partial charge >= 0.3 is 0 Å². The Morgan fingerprint density at radius 2 is 1.92 bits per heavy atom. The van der Waals surface area contributed by atoms with E-state index in [2.05, 4.69) is 76.7 Å². The number of H-pyrrole nitrogens is 1. The van der Waals surface area contributed by atoms with E-state index in [-0.39, 0.29) is 0 Å². The highest BCUT2D eigenvalue weighted by atomic mass is 32.1. The van der Waals surface area contributed by atoms with Gasteiger partial charge in [0.1, 0.15) is 0 Å². The van der Waals surface area contributed by atoms with Crippen LogP contribution in [-0.4, -0.2) is 28.1 Å². The summed E-state index contributed by atoms with van der Waals surface area (Å²) in [6.45, 7) is 4.09. The number of fused-ring (bicyclic) bond motifs is 3. The molecule has 1 aliphatic rings. The molecule has 0 saturated carbocycles. The fourth-order valence-electron chi connectivity index (χ4n) is 4.05. The molecule has 0 aliphatic carbocycles. The smallest absolute Gasteiger partial charge is 0.169 e. The third kappa shape index (κ3) is 3.21. The van der Waals surface area contributed by atoms with Crippen LogP contribution in [0.15, 0.2) is 54.6 Å². The Kier molecular flexibility index (Phi) is 4.93. The SMILES string of the molecule is CCC1c2[nH]c3ccccc3c2CCN1C(=S)NCCc1ccccc1. The van der Waals surface area contributed by atoms with Gasteiger partial charge in [0.2, 0.25) is 0 Å². The Morgan fingerprint density at radius 3 is 2.73 bits per heavy atom. The van der Waals surface area contributed by atoms with Gasteiger partial charge in [-0.3, -0.25) is 0 Å². The van der Waals surface area contributed by atoms with Crippen molar-refractivity contribution in [2.45, 2.75) is 32.2 Å². The maximum absolute atomic E-state index is 5.74. The molecule has 1 atom stereocenters. The van der Waals surface area contributed by atoms with Crippen molar-refractivity contribution < 1.29 is 0 Å². The third-order valence-corrected chi connectivity index (χ3v) is 5.72. The Balaban J connectivity index is 1.47. The first-order valence-electron chi connectivity index (χ1n) is 9.45. The minimum Gasteiger partial charge on any atom is -0.362 e. The van der Waals surface area contributed by atoms with Crippen molar-refractivity contribution in [3.63, 3.8) is 0 Å². The Labute approximate surface area is 160 Å². The van der Waals surface area contributed by atoms with Crippen molar-refractivity contribution in [1.82, 2.24) is 15.2 Å². The lowest BCUT2D eigenvalue weighted by Gasteiger charge is -2.37. The largest absolute Gasteiger partial charge is 0.362 e. The number of rotatable bonds is 4. The van der Waals surface area contributed by atoms with Gasteiger partial charge in [-0.05, 0) is 48.7 Å². The molecule has 1 aromatic heterocycles. The Morgan fingerprint density at radius 1 is 1.15 bits per heavy atom. The molecule has 3 nitrogen and oxygen atoms in total. The number of nitrogens with one attached hydrogen (secondary N) is 2. The highest BCUT2D eigenvalue weighted by molar-refractivity contribution is 7.80. The van der Waals surface area contributed by atoms with Gasteiger partial charge in [0.15, 0.2) is 5.11 Å². The number of aromatic amines is 1. The standard InChI is InChI=1S/C22H25N3S/c1-2-20-21-18(17-10-6-7-11-19(17)24-21)13-15-25(20)22(26)23-14-12-16-8-4-3-5-9-16/h3-11,20,24H,2,12-15H2,1H3,(H,23,26). The molecule has 2 heterocycles. The lowest BCUT2D eigenvalue weighted by molar-refractivity contribution is 0.284. The molecule has 0 bridgehead atoms. The molecular formula is C22H25N3S. The van der Waals surface area contributed by atoms with E-state index in [9.17, 15) is 0 Å². The predicted octanol–water partition coefficient (Wildman–Crippen LogP) is 4.59. The molecule has 0 radical (unpaired) electrons. The van der Waals surface area contributed by atoms with E-state index in [0.29, 0.717) is 6.04 Å². The van der Waals surface area contributed by atoms with Crippen LogP contribution in [0.4, 0.5) is 0 Å². The summed E-state index contributed by atoms with van der Waals surface area (Å²) in [5.41, 5.74) is 5.38. The molecule has 0 amide bonds. The highest BCUT2D eigenvalue weighted by Crippen LogP contribution is 2.36. The summed E-state index contributed by atoms with van der Waals surface area (Å²) in [6.07, 6.45) is 3.07. The van der Waals surface area contributed by atoms with E-state index in [4.69, 9.17) is 12.2 Å². The number of aromatic nitrogens is 1. The third-order valence-electron chi connectivity index (χ3n) is 5.34. The molecular weight excluding hydrogens is 338 g/mol. The zero-order valence-corrected chi connectivity index (χ0v) is 16.0. The van der Waals surface area contributed by atoms with Crippen LogP contribution < -0.4 is 5.32 Å². The summed E-state index contributed by atoms with van der Waals surface area (Å²) in [5.74, 6) is 0. The van der Waals surface area contributed by atoms with Crippen molar-refractivity contribution in [3.05, 3.63) is 71.4 Å². The molecule has 4 heteroatoms. The van der Waals surface area contributed by atoms with Gasteiger partial charge in [-0.1, -0.05) is 55.5 Å². The number of nitrogens with zero attached hydrogens (tertiary/aromatic N) is 1. The highest BCUT2D eigenvalue weighted by Gasteiger charge is 2.30. The first-order valence-corrected chi connectivity index (χ1v) is 9.86. The van der Waals surface area contributed by atoms with Crippen molar-refractivity contribution in [2.75, 3.05) is 13.1 Å². The molecule has 0 saturated heterocycles. The normalized spacial score (nSPS) is 16.5. The molecule has 3 aromatic rings. The van der Waals surface area contributed by atoms with Gasteiger partial charge in [0.05, 0.1) is 6.04 Å². The summed E-state index contributed by atoms with van der Waals surface area (Å²) < 4.78 is 0. The maximum atomic E-state index is 5.74. The number of thiocarbonyl (C=S) groups is 1. The molecule has 134 valence electrons. The van der Waals surface area contributed by atoms with Crippen molar-refractivity contribution >= 4 is 28.2 Å². The van der Waals surface area contributed by atoms with Gasteiger partial charge in [-0.2, -0.15) is 0 Å². The average Bonchev–Trinajstić information content (AvgIpc) is 3.06. The minimum absolute atomic E-state index is 0.322. The van der Waals surface area contributed by atoms with Crippen LogP contribution in [0, 0.1) is 0 Å². The Bertz CT molecular complexity index is 900. The molecule has 1 unspecified atom stereocenters. The lowest BCUT2D eigenvalue weighted by Crippen LogP contribution is -2.45. The van der Waals surface area contributed by atoms with Crippen LogP contribution in [0.2, 0.25) is 0 Å². The Hall–Kier alpha value is -2.33. The van der Waals surface area contributed by atoms with Gasteiger partial charge < -0.3 is 15.2 Å². The summed E-state index contributed by atoms with van der Waals surface area (Å²) in [5, 5.41) is 5.71. The molecule has 26 heavy (non-hydrogen) atoms. The van der Waals surface area contributed by atoms with Crippen LogP contribution in [0.1, 0.15) is 36.2 Å². The fraction of sp³-hybridized carbons (Fsp3) is 0.318. The molecule has 0 fully saturated rings. The topological polar surface area (TPSA) is 31.1 Å². The van der Waals surface area contributed by atoms with Crippen LogP contribution in [0.25, 0.3) is 10.9 Å². The first-order chi connectivity index (χ1) is 12.8. The van der Waals surface area contributed by atoms with E-state index in [0.717, 1.165) is 37.5 Å². The van der Waals surface area contributed by atoms with Crippen molar-refractivity contribution in [3.8, 4) is 0 Å². The fourth-order valence-corrected chi connectivity index (χ4v) is 4.37. The van der Waals surface area contributed by atoms with Crippen LogP contribution in [0.3, 0.4) is 0 Å². The van der Waals surface area contributed by atoms with Crippen LogP contribution in [0.5, 0.6) is 0 Å². The van der Waals surface area contributed by atoms with E-state index in [1.165, 1.54) is 27.7 Å². The van der Waals surface area contributed by atoms with Gasteiger partial charge in [0.25, 0.3) is 0 Å². The van der Waals surface area contributed by atoms with E-state index < -0.39 is 0 Å². The van der Waals surface area contributed by atoms with Gasteiger partial charge in [-0.15, -0.1) is 0 Å². The zero-order chi connectivity index (χ0) is 17.9. The quantitative estimate of drug-likeness (QED) is 0.665. The van der Waals surface area contributed by atoms with E-state index in [1.54, 1.807) is 0 Å². The minimum atomic E-state index is 0.322. The zero-order valence-electron chi connectivity index (χ0n) is 15.2. The summed E-state index contributed by atoms with van der Waals surface area (Å²) in [7, 11) is 0. The van der Waals surface area contributed by atoms with E-state index >= 15 is 0 Å². The molecule has 2 aromatic carbocycles. The predicted molar refractivity (Wildman–Crippen MR) is 112 cm³/mol. The lowest BCUT2D eigenvalue weighted by atomic mass is 9.96. The van der Waals surface area contributed by atoms with Gasteiger partial charge in [-0.25, -0.2) is 0 Å². The second kappa shape index (κ2) is 7.50. The van der Waals surface area contributed by atoms with Crippen molar-refractivity contribution in [2.24, 2.45) is 0 Å². The van der Waals surface area contributed by atoms with E-state index in [1.807, 2.05) is 0 Å². The number of hydrogen-bond acceptors (Lipinski definition) is 1. The first kappa shape index (κ1) is 17.1. The second-order valence-electron chi connectivity index (χ2n) is 6.90. The summed E-state index contributed by atoms with van der Waals surface area (Å²) >= 11 is 5.74. The number of hydrogen-bond donors (Lipinski definition) is 2. The summed E-state index contributed by atoms with van der Waals surface area (Å²) in [4.78, 5) is 6.01. The maximum Gasteiger partial charge on any atom is 0.169 e. The molecule has 2 N–H and O–H groups in total. The number of para-hydroxylation sites is 1. The van der Waals surface area contributed by atoms with Gasteiger partial charge in [0, 0.05) is 29.7 Å². The second-order valence-corrected chi connectivity index (χ2v) is 7.28.